The molecule has 0 spiro atoms. The molecule has 2 heterocycles. The Bertz CT molecular complexity index is 1050. The second kappa shape index (κ2) is 9.12. The molecule has 0 radical (unpaired) electrons. The molecular formula is C24H25Cl2IN4O. The van der Waals surface area contributed by atoms with Crippen LogP contribution in [0.15, 0.2) is 47.6 Å². The number of rotatable bonds is 4. The van der Waals surface area contributed by atoms with E-state index in [2.05, 4.69) is 64.2 Å². The minimum atomic E-state index is -0.135. The van der Waals surface area contributed by atoms with Crippen LogP contribution in [0.2, 0.25) is 10.0 Å². The smallest absolute Gasteiger partial charge is 0.282 e. The molecule has 2 aliphatic heterocycles. The average molecular weight is 583 g/mol. The third-order valence-corrected chi connectivity index (χ3v) is 8.23. The largest absolute Gasteiger partial charge is 0.284 e. The Hall–Kier alpha value is -1.35. The maximum absolute atomic E-state index is 13.3. The number of carbonyl (C=O) groups is 1. The van der Waals surface area contributed by atoms with E-state index in [0.29, 0.717) is 27.6 Å². The van der Waals surface area contributed by atoms with Gasteiger partial charge in [-0.15, -0.1) is 0 Å². The Labute approximate surface area is 212 Å². The summed E-state index contributed by atoms with van der Waals surface area (Å²) in [7, 11) is 0. The van der Waals surface area contributed by atoms with E-state index in [1.165, 1.54) is 19.3 Å². The van der Waals surface area contributed by atoms with Gasteiger partial charge in [-0.05, 0) is 83.2 Å². The number of hydrazine groups is 1. The molecular weight excluding hydrogens is 558 g/mol. The first kappa shape index (κ1) is 22.4. The minimum Gasteiger partial charge on any atom is -0.284 e. The molecule has 5 rings (SSSR count). The summed E-state index contributed by atoms with van der Waals surface area (Å²) in [5, 5.41) is 9.85. The number of nitrogens with one attached hydrogen (secondary N) is 1. The van der Waals surface area contributed by atoms with Crippen LogP contribution in [0, 0.1) is 21.3 Å². The van der Waals surface area contributed by atoms with Crippen LogP contribution in [-0.4, -0.2) is 29.7 Å². The Balaban J connectivity index is 1.44. The van der Waals surface area contributed by atoms with Gasteiger partial charge < -0.3 is 0 Å². The van der Waals surface area contributed by atoms with Gasteiger partial charge in [-0.25, -0.2) is 5.01 Å². The maximum Gasteiger partial charge on any atom is 0.282 e. The molecule has 5 nitrogen and oxygen atoms in total. The molecule has 2 aromatic carbocycles. The number of hydrogen-bond donors (Lipinski definition) is 1. The van der Waals surface area contributed by atoms with Gasteiger partial charge in [-0.2, -0.15) is 5.10 Å². The van der Waals surface area contributed by atoms with Crippen molar-refractivity contribution in [3.05, 3.63) is 61.6 Å². The van der Waals surface area contributed by atoms with Crippen LogP contribution in [0.1, 0.15) is 37.8 Å². The Kier molecular flexibility index (Phi) is 6.40. The first-order valence-electron chi connectivity index (χ1n) is 11.0. The molecule has 1 saturated heterocycles. The van der Waals surface area contributed by atoms with Crippen LogP contribution >= 0.6 is 45.8 Å². The Morgan fingerprint density at radius 2 is 1.78 bits per heavy atom. The van der Waals surface area contributed by atoms with Crippen molar-refractivity contribution in [2.45, 2.75) is 32.2 Å². The van der Waals surface area contributed by atoms with Crippen molar-refractivity contribution >= 4 is 63.1 Å². The van der Waals surface area contributed by atoms with Gasteiger partial charge in [0.1, 0.15) is 5.71 Å². The molecule has 1 saturated carbocycles. The van der Waals surface area contributed by atoms with Crippen LogP contribution < -0.4 is 10.4 Å². The van der Waals surface area contributed by atoms with Crippen molar-refractivity contribution in [3.63, 3.8) is 0 Å². The SMILES string of the molecule is C[C@H]1C(C(=O)NN2CC3CCCC3C2)=NN(c2ccc(Cl)cc2Cl)[C@H]1c1ccc(I)cc1. The predicted molar refractivity (Wildman–Crippen MR) is 138 cm³/mol. The molecule has 3 aliphatic rings. The van der Waals surface area contributed by atoms with Crippen molar-refractivity contribution in [2.24, 2.45) is 22.9 Å². The number of fused-ring (bicyclic) bond motifs is 1. The fourth-order valence-corrected chi connectivity index (χ4v) is 6.23. The zero-order chi connectivity index (χ0) is 22.4. The summed E-state index contributed by atoms with van der Waals surface area (Å²) in [6.45, 7) is 3.93. The molecule has 1 N–H and O–H groups in total. The van der Waals surface area contributed by atoms with Crippen molar-refractivity contribution in [1.82, 2.24) is 10.4 Å². The molecule has 1 aliphatic carbocycles. The van der Waals surface area contributed by atoms with Crippen molar-refractivity contribution in [1.29, 1.82) is 0 Å². The van der Waals surface area contributed by atoms with Crippen LogP contribution in [-0.2, 0) is 4.79 Å². The van der Waals surface area contributed by atoms with Gasteiger partial charge in [0.15, 0.2) is 0 Å². The Morgan fingerprint density at radius 3 is 2.44 bits per heavy atom. The van der Waals surface area contributed by atoms with Gasteiger partial charge in [0.25, 0.3) is 5.91 Å². The maximum atomic E-state index is 13.3. The lowest BCUT2D eigenvalue weighted by atomic mass is 9.91. The predicted octanol–water partition coefficient (Wildman–Crippen LogP) is 5.91. The number of nitrogens with zero attached hydrogens (tertiary/aromatic N) is 3. The number of hydrogen-bond acceptors (Lipinski definition) is 4. The molecule has 2 fully saturated rings. The van der Waals surface area contributed by atoms with Gasteiger partial charge in [-0.3, -0.25) is 15.2 Å². The highest BCUT2D eigenvalue weighted by Crippen LogP contribution is 2.43. The van der Waals surface area contributed by atoms with Crippen LogP contribution in [0.4, 0.5) is 5.69 Å². The highest BCUT2D eigenvalue weighted by molar-refractivity contribution is 14.1. The standard InChI is InChI=1S/C24H25Cl2IN4O/c1-14-22(24(32)29-30-12-16-3-2-4-17(16)13-30)28-31(21-10-7-18(25)11-20(21)26)23(14)15-5-8-19(27)9-6-15/h5-11,14,16-17,23H,2-4,12-13H2,1H3,(H,29,32)/t14-,16?,17?,23+/m0/s1. The van der Waals surface area contributed by atoms with E-state index in [1.54, 1.807) is 12.1 Å². The first-order chi connectivity index (χ1) is 15.4. The van der Waals surface area contributed by atoms with Crippen molar-refractivity contribution in [2.75, 3.05) is 18.1 Å². The lowest BCUT2D eigenvalue weighted by Gasteiger charge is -2.27. The average Bonchev–Trinajstić information content (AvgIpc) is 3.42. The van der Waals surface area contributed by atoms with Crippen LogP contribution in [0.3, 0.4) is 0 Å². The lowest BCUT2D eigenvalue weighted by Crippen LogP contribution is -2.45. The third-order valence-electron chi connectivity index (χ3n) is 6.97. The first-order valence-corrected chi connectivity index (χ1v) is 12.9. The third kappa shape index (κ3) is 4.27. The van der Waals surface area contributed by atoms with Crippen LogP contribution in [0.5, 0.6) is 0 Å². The molecule has 0 bridgehead atoms. The summed E-state index contributed by atoms with van der Waals surface area (Å²) in [5.41, 5.74) is 5.49. The summed E-state index contributed by atoms with van der Waals surface area (Å²) >= 11 is 15.0. The molecule has 1 amide bonds. The highest BCUT2D eigenvalue weighted by atomic mass is 127. The monoisotopic (exact) mass is 582 g/mol. The molecule has 4 atom stereocenters. The lowest BCUT2D eigenvalue weighted by molar-refractivity contribution is -0.119. The second-order valence-corrected chi connectivity index (χ2v) is 11.1. The highest BCUT2D eigenvalue weighted by Gasteiger charge is 2.42. The zero-order valence-electron chi connectivity index (χ0n) is 17.8. The number of hydrazone groups is 1. The summed E-state index contributed by atoms with van der Waals surface area (Å²) < 4.78 is 1.16. The van der Waals surface area contributed by atoms with Crippen molar-refractivity contribution in [3.8, 4) is 0 Å². The zero-order valence-corrected chi connectivity index (χ0v) is 21.4. The summed E-state index contributed by atoms with van der Waals surface area (Å²) in [6, 6.07) is 13.6. The van der Waals surface area contributed by atoms with E-state index in [0.717, 1.165) is 27.9 Å². The van der Waals surface area contributed by atoms with Gasteiger partial charge in [0, 0.05) is 27.6 Å². The molecule has 168 valence electrons. The van der Waals surface area contributed by atoms with Crippen molar-refractivity contribution < 1.29 is 4.79 Å². The fourth-order valence-electron chi connectivity index (χ4n) is 5.37. The quantitative estimate of drug-likeness (QED) is 0.456. The van der Waals surface area contributed by atoms with E-state index in [4.69, 9.17) is 28.3 Å². The summed E-state index contributed by atoms with van der Waals surface area (Å²) in [5.74, 6) is 1.19. The summed E-state index contributed by atoms with van der Waals surface area (Å²) in [4.78, 5) is 13.3. The molecule has 32 heavy (non-hydrogen) atoms. The fraction of sp³-hybridized carbons (Fsp3) is 0.417. The number of amides is 1. The normalized spacial score (nSPS) is 27.5. The Morgan fingerprint density at radius 1 is 1.09 bits per heavy atom. The summed E-state index contributed by atoms with van der Waals surface area (Å²) in [6.07, 6.45) is 3.85. The van der Waals surface area contributed by atoms with E-state index in [1.807, 2.05) is 11.1 Å². The number of carbonyl (C=O) groups excluding carboxylic acids is 1. The molecule has 0 aromatic heterocycles. The van der Waals surface area contributed by atoms with Gasteiger partial charge in [0.05, 0.1) is 16.8 Å². The minimum absolute atomic E-state index is 0.107. The second-order valence-electron chi connectivity index (χ2n) is 9.01. The molecule has 8 heteroatoms. The molecule has 2 unspecified atom stereocenters. The van der Waals surface area contributed by atoms with Gasteiger partial charge >= 0.3 is 0 Å². The van der Waals surface area contributed by atoms with E-state index in [9.17, 15) is 4.79 Å². The number of anilines is 1. The molecule has 2 aromatic rings. The topological polar surface area (TPSA) is 47.9 Å². The van der Waals surface area contributed by atoms with E-state index < -0.39 is 0 Å². The van der Waals surface area contributed by atoms with Crippen LogP contribution in [0.25, 0.3) is 0 Å². The van der Waals surface area contributed by atoms with Gasteiger partial charge in [-0.1, -0.05) is 48.7 Å². The van der Waals surface area contributed by atoms with Gasteiger partial charge in [0.2, 0.25) is 0 Å². The number of halogens is 3. The number of benzene rings is 2. The van der Waals surface area contributed by atoms with E-state index in [-0.39, 0.29) is 17.9 Å². The van der Waals surface area contributed by atoms with E-state index >= 15 is 0 Å².